The van der Waals surface area contributed by atoms with E-state index in [-0.39, 0.29) is 0 Å². The predicted molar refractivity (Wildman–Crippen MR) is 86.8 cm³/mol. The van der Waals surface area contributed by atoms with Crippen LogP contribution in [0.3, 0.4) is 0 Å². The molecule has 0 bridgehead atoms. The Labute approximate surface area is 130 Å². The minimum Gasteiger partial charge on any atom is -0.379 e. The first-order valence-corrected chi connectivity index (χ1v) is 8.83. The van der Waals surface area contributed by atoms with Gasteiger partial charge in [-0.05, 0) is 38.1 Å². The van der Waals surface area contributed by atoms with Crippen LogP contribution >= 0.6 is 0 Å². The number of piperidine rings is 1. The molecule has 0 aromatic heterocycles. The molecule has 2 unspecified atom stereocenters. The van der Waals surface area contributed by atoms with Crippen molar-refractivity contribution in [2.24, 2.45) is 5.92 Å². The lowest BCUT2D eigenvalue weighted by Crippen LogP contribution is -2.38. The summed E-state index contributed by atoms with van der Waals surface area (Å²) in [6.07, 6.45) is 7.40. The molecule has 1 heterocycles. The summed E-state index contributed by atoms with van der Waals surface area (Å²) in [5.74, 6) is 0.910. The fraction of sp³-hybridized carbons (Fsp3) is 1.00. The average molecular weight is 301 g/mol. The second-order valence-electron chi connectivity index (χ2n) is 5.93. The van der Waals surface area contributed by atoms with Gasteiger partial charge in [0.1, 0.15) is 0 Å². The Bertz CT molecular complexity index is 226. The van der Waals surface area contributed by atoms with E-state index in [9.17, 15) is 0 Å². The minimum absolute atomic E-state index is 0.650. The molecule has 0 aliphatic carbocycles. The fourth-order valence-electron chi connectivity index (χ4n) is 2.70. The first-order valence-electron chi connectivity index (χ1n) is 8.83. The third-order valence-corrected chi connectivity index (χ3v) is 4.18. The minimum atomic E-state index is 0.650. The molecule has 1 aliphatic heterocycles. The van der Waals surface area contributed by atoms with Crippen LogP contribution in [0.2, 0.25) is 0 Å². The fourth-order valence-corrected chi connectivity index (χ4v) is 2.70. The summed E-state index contributed by atoms with van der Waals surface area (Å²) in [6.45, 7) is 10.1. The van der Waals surface area contributed by atoms with Crippen LogP contribution in [0.5, 0.6) is 0 Å². The Morgan fingerprint density at radius 2 is 1.57 bits per heavy atom. The zero-order valence-corrected chi connectivity index (χ0v) is 14.1. The largest absolute Gasteiger partial charge is 0.379 e. The maximum absolute atomic E-state index is 5.64. The van der Waals surface area contributed by atoms with E-state index >= 15 is 0 Å². The van der Waals surface area contributed by atoms with Crippen LogP contribution in [0.25, 0.3) is 0 Å². The lowest BCUT2D eigenvalue weighted by Gasteiger charge is -2.29. The molecule has 0 amide bonds. The Morgan fingerprint density at radius 3 is 2.24 bits per heavy atom. The van der Waals surface area contributed by atoms with Gasteiger partial charge in [0.2, 0.25) is 0 Å². The molecule has 1 N–H and O–H groups in total. The molecular formula is C17H35NO3. The molecular weight excluding hydrogens is 266 g/mol. The van der Waals surface area contributed by atoms with Gasteiger partial charge in [-0.1, -0.05) is 26.7 Å². The molecule has 1 aliphatic rings. The van der Waals surface area contributed by atoms with Crippen LogP contribution in [-0.2, 0) is 14.2 Å². The van der Waals surface area contributed by atoms with Gasteiger partial charge in [-0.15, -0.1) is 0 Å². The van der Waals surface area contributed by atoms with Crippen LogP contribution in [0.15, 0.2) is 0 Å². The highest BCUT2D eigenvalue weighted by Crippen LogP contribution is 2.20. The van der Waals surface area contributed by atoms with Crippen LogP contribution in [0.4, 0.5) is 0 Å². The van der Waals surface area contributed by atoms with Gasteiger partial charge in [-0.25, -0.2) is 0 Å². The van der Waals surface area contributed by atoms with Crippen molar-refractivity contribution in [2.75, 3.05) is 46.2 Å². The smallest absolute Gasteiger partial charge is 0.0701 e. The number of hydrogen-bond acceptors (Lipinski definition) is 4. The number of nitrogens with one attached hydrogen (secondary N) is 1. The van der Waals surface area contributed by atoms with Gasteiger partial charge in [0.15, 0.2) is 0 Å². The summed E-state index contributed by atoms with van der Waals surface area (Å²) in [5, 5.41) is 3.59. The van der Waals surface area contributed by atoms with E-state index in [0.717, 1.165) is 32.0 Å². The van der Waals surface area contributed by atoms with Gasteiger partial charge in [0.05, 0.1) is 26.4 Å². The van der Waals surface area contributed by atoms with Crippen LogP contribution < -0.4 is 5.32 Å². The predicted octanol–water partition coefficient (Wildman–Crippen LogP) is 3.00. The van der Waals surface area contributed by atoms with Crippen molar-refractivity contribution >= 4 is 0 Å². The van der Waals surface area contributed by atoms with Gasteiger partial charge in [-0.3, -0.25) is 0 Å². The van der Waals surface area contributed by atoms with Gasteiger partial charge in [-0.2, -0.15) is 0 Å². The molecule has 21 heavy (non-hydrogen) atoms. The highest BCUT2D eigenvalue weighted by atomic mass is 16.5. The number of rotatable bonds is 13. The quantitative estimate of drug-likeness (QED) is 0.531. The normalized spacial score (nSPS) is 22.6. The SMILES string of the molecule is CCCCOCCOCCOCCC1CC(CC)CCN1. The van der Waals surface area contributed by atoms with E-state index in [1.807, 2.05) is 0 Å². The number of hydrogen-bond donors (Lipinski definition) is 1. The third-order valence-electron chi connectivity index (χ3n) is 4.18. The van der Waals surface area contributed by atoms with Gasteiger partial charge in [0.25, 0.3) is 0 Å². The second kappa shape index (κ2) is 13.5. The Morgan fingerprint density at radius 1 is 0.905 bits per heavy atom. The van der Waals surface area contributed by atoms with Crippen molar-refractivity contribution in [3.8, 4) is 0 Å². The van der Waals surface area contributed by atoms with Crippen LogP contribution in [0, 0.1) is 5.92 Å². The van der Waals surface area contributed by atoms with E-state index in [2.05, 4.69) is 19.2 Å². The summed E-state index contributed by atoms with van der Waals surface area (Å²) >= 11 is 0. The first kappa shape index (κ1) is 18.9. The Balaban J connectivity index is 1.80. The zero-order valence-electron chi connectivity index (χ0n) is 14.1. The molecule has 0 spiro atoms. The van der Waals surface area contributed by atoms with Crippen molar-refractivity contribution in [2.45, 2.75) is 58.4 Å². The third kappa shape index (κ3) is 10.2. The summed E-state index contributed by atoms with van der Waals surface area (Å²) in [7, 11) is 0. The average Bonchev–Trinajstić information content (AvgIpc) is 2.53. The molecule has 0 radical (unpaired) electrons. The lowest BCUT2D eigenvalue weighted by atomic mass is 9.89. The first-order chi connectivity index (χ1) is 10.4. The number of ether oxygens (including phenoxy) is 3. The highest BCUT2D eigenvalue weighted by molar-refractivity contribution is 4.77. The maximum atomic E-state index is 5.64. The van der Waals surface area contributed by atoms with E-state index in [1.54, 1.807) is 0 Å². The van der Waals surface area contributed by atoms with Crippen molar-refractivity contribution in [1.82, 2.24) is 5.32 Å². The van der Waals surface area contributed by atoms with Gasteiger partial charge >= 0.3 is 0 Å². The summed E-state index contributed by atoms with van der Waals surface area (Å²) in [4.78, 5) is 0. The molecule has 2 atom stereocenters. The maximum Gasteiger partial charge on any atom is 0.0701 e. The summed E-state index contributed by atoms with van der Waals surface area (Å²) < 4.78 is 16.5. The van der Waals surface area contributed by atoms with E-state index < -0.39 is 0 Å². The van der Waals surface area contributed by atoms with E-state index in [1.165, 1.54) is 32.2 Å². The van der Waals surface area contributed by atoms with Crippen LogP contribution in [-0.4, -0.2) is 52.2 Å². The number of unbranched alkanes of at least 4 members (excludes halogenated alkanes) is 1. The molecule has 1 fully saturated rings. The topological polar surface area (TPSA) is 39.7 Å². The monoisotopic (exact) mass is 301 g/mol. The second-order valence-corrected chi connectivity index (χ2v) is 5.93. The van der Waals surface area contributed by atoms with Crippen molar-refractivity contribution in [3.63, 3.8) is 0 Å². The van der Waals surface area contributed by atoms with Crippen molar-refractivity contribution in [3.05, 3.63) is 0 Å². The summed E-state index contributed by atoms with van der Waals surface area (Å²) in [6, 6.07) is 0.650. The van der Waals surface area contributed by atoms with Gasteiger partial charge < -0.3 is 19.5 Å². The van der Waals surface area contributed by atoms with Crippen molar-refractivity contribution < 1.29 is 14.2 Å². The van der Waals surface area contributed by atoms with E-state index in [4.69, 9.17) is 14.2 Å². The standard InChI is InChI=1S/C17H35NO3/c1-3-5-9-19-11-13-21-14-12-20-10-7-17-15-16(4-2)6-8-18-17/h16-18H,3-15H2,1-2H3. The molecule has 4 nitrogen and oxygen atoms in total. The zero-order chi connectivity index (χ0) is 15.2. The van der Waals surface area contributed by atoms with Gasteiger partial charge in [0, 0.05) is 19.3 Å². The van der Waals surface area contributed by atoms with E-state index in [0.29, 0.717) is 32.5 Å². The van der Waals surface area contributed by atoms with Crippen LogP contribution in [0.1, 0.15) is 52.4 Å². The Kier molecular flexibility index (Phi) is 12.1. The molecule has 0 aromatic carbocycles. The summed E-state index contributed by atoms with van der Waals surface area (Å²) in [5.41, 5.74) is 0. The molecule has 1 saturated heterocycles. The lowest BCUT2D eigenvalue weighted by molar-refractivity contribution is 0.0119. The molecule has 1 rings (SSSR count). The highest BCUT2D eigenvalue weighted by Gasteiger charge is 2.19. The molecule has 4 heteroatoms. The Hall–Kier alpha value is -0.160. The molecule has 126 valence electrons. The van der Waals surface area contributed by atoms with Crippen molar-refractivity contribution in [1.29, 1.82) is 0 Å². The molecule has 0 saturated carbocycles. The molecule has 0 aromatic rings.